The van der Waals surface area contributed by atoms with Crippen LogP contribution in [0.3, 0.4) is 0 Å². The van der Waals surface area contributed by atoms with Gasteiger partial charge in [0.2, 0.25) is 0 Å². The van der Waals surface area contributed by atoms with Gasteiger partial charge < -0.3 is 10.6 Å². The van der Waals surface area contributed by atoms with Crippen molar-refractivity contribution in [3.8, 4) is 0 Å². The van der Waals surface area contributed by atoms with Crippen LogP contribution in [0.5, 0.6) is 0 Å². The van der Waals surface area contributed by atoms with Gasteiger partial charge in [0.25, 0.3) is 11.5 Å². The first-order valence-corrected chi connectivity index (χ1v) is 8.50. The van der Waals surface area contributed by atoms with E-state index in [9.17, 15) is 14.0 Å². The van der Waals surface area contributed by atoms with Crippen molar-refractivity contribution in [3.63, 3.8) is 0 Å². The minimum absolute atomic E-state index is 0.120. The maximum Gasteiger partial charge on any atom is 0.277 e. The van der Waals surface area contributed by atoms with Gasteiger partial charge in [0.15, 0.2) is 0 Å². The van der Waals surface area contributed by atoms with Crippen LogP contribution in [0, 0.1) is 12.7 Å². The predicted molar refractivity (Wildman–Crippen MR) is 99.5 cm³/mol. The molecule has 1 aromatic carbocycles. The standard InChI is InChI=1S/C18H18ClFN4O2/c1-3-21-16-7-11(19)6-13(10(16)2)17(25)22-9-14-15(20)8-12-4-5-23-24(12)18(14)26/h4-8,21,23H,3,9H2,1-2H3,(H,22,25). The van der Waals surface area contributed by atoms with E-state index in [-0.39, 0.29) is 12.1 Å². The van der Waals surface area contributed by atoms with Gasteiger partial charge in [-0.05, 0) is 37.6 Å². The van der Waals surface area contributed by atoms with Crippen molar-refractivity contribution in [2.24, 2.45) is 0 Å². The Balaban J connectivity index is 1.87. The number of aromatic amines is 1. The number of nitrogens with one attached hydrogen (secondary N) is 3. The lowest BCUT2D eigenvalue weighted by Crippen LogP contribution is -2.30. The summed E-state index contributed by atoms with van der Waals surface area (Å²) in [5.74, 6) is -1.09. The second-order valence-corrected chi connectivity index (χ2v) is 6.27. The zero-order valence-electron chi connectivity index (χ0n) is 14.3. The summed E-state index contributed by atoms with van der Waals surface area (Å²) in [7, 11) is 0. The fourth-order valence-electron chi connectivity index (χ4n) is 2.80. The molecule has 8 heteroatoms. The van der Waals surface area contributed by atoms with Crippen molar-refractivity contribution in [1.82, 2.24) is 14.9 Å². The molecule has 0 radical (unpaired) electrons. The maximum absolute atomic E-state index is 14.2. The average molecular weight is 377 g/mol. The molecule has 1 amide bonds. The first kappa shape index (κ1) is 18.0. The Kier molecular flexibility index (Phi) is 4.99. The summed E-state index contributed by atoms with van der Waals surface area (Å²) in [4.78, 5) is 24.9. The second-order valence-electron chi connectivity index (χ2n) is 5.84. The lowest BCUT2D eigenvalue weighted by Gasteiger charge is -2.13. The van der Waals surface area contributed by atoms with Gasteiger partial charge in [0.05, 0.1) is 17.6 Å². The number of carbonyl (C=O) groups excluding carboxylic acids is 1. The Morgan fingerprint density at radius 1 is 1.35 bits per heavy atom. The van der Waals surface area contributed by atoms with Crippen LogP contribution >= 0.6 is 11.6 Å². The number of rotatable bonds is 5. The van der Waals surface area contributed by atoms with Gasteiger partial charge in [-0.25, -0.2) is 8.91 Å². The fourth-order valence-corrected chi connectivity index (χ4v) is 3.02. The van der Waals surface area contributed by atoms with Crippen LogP contribution in [0.1, 0.15) is 28.4 Å². The molecule has 0 bridgehead atoms. The smallest absolute Gasteiger partial charge is 0.277 e. The molecule has 0 atom stereocenters. The summed E-state index contributed by atoms with van der Waals surface area (Å²) in [6.07, 6.45) is 1.54. The van der Waals surface area contributed by atoms with E-state index in [0.717, 1.165) is 11.3 Å². The Hall–Kier alpha value is -2.80. The molecule has 26 heavy (non-hydrogen) atoms. The molecule has 0 spiro atoms. The first-order valence-electron chi connectivity index (χ1n) is 8.12. The highest BCUT2D eigenvalue weighted by Gasteiger charge is 2.16. The molecule has 6 nitrogen and oxygen atoms in total. The molecule has 2 aromatic heterocycles. The van der Waals surface area contributed by atoms with Gasteiger partial charge in [0, 0.05) is 35.1 Å². The van der Waals surface area contributed by atoms with Crippen LogP contribution in [0.2, 0.25) is 5.02 Å². The Bertz CT molecular complexity index is 1040. The molecular formula is C18H18ClFN4O2. The normalized spacial score (nSPS) is 10.9. The van der Waals surface area contributed by atoms with Crippen LogP contribution in [0.25, 0.3) is 5.52 Å². The van der Waals surface area contributed by atoms with Crippen molar-refractivity contribution in [3.05, 3.63) is 68.3 Å². The summed E-state index contributed by atoms with van der Waals surface area (Å²) in [5, 5.41) is 8.86. The summed E-state index contributed by atoms with van der Waals surface area (Å²) >= 11 is 6.08. The molecular weight excluding hydrogens is 359 g/mol. The minimum Gasteiger partial charge on any atom is -0.385 e. The van der Waals surface area contributed by atoms with Crippen LogP contribution in [0.15, 0.2) is 35.3 Å². The molecule has 3 N–H and O–H groups in total. The zero-order valence-corrected chi connectivity index (χ0v) is 15.1. The van der Waals surface area contributed by atoms with E-state index in [4.69, 9.17) is 11.6 Å². The number of aromatic nitrogens is 2. The van der Waals surface area contributed by atoms with Crippen LogP contribution in [0.4, 0.5) is 10.1 Å². The maximum atomic E-state index is 14.2. The highest BCUT2D eigenvalue weighted by Crippen LogP contribution is 2.25. The number of hydrogen-bond acceptors (Lipinski definition) is 3. The van der Waals surface area contributed by atoms with Gasteiger partial charge >= 0.3 is 0 Å². The molecule has 0 aliphatic heterocycles. The lowest BCUT2D eigenvalue weighted by molar-refractivity contribution is 0.0950. The van der Waals surface area contributed by atoms with Crippen LogP contribution in [-0.4, -0.2) is 22.1 Å². The first-order chi connectivity index (χ1) is 12.4. The Labute approximate surface area is 154 Å². The molecule has 0 fully saturated rings. The lowest BCUT2D eigenvalue weighted by atomic mass is 10.1. The summed E-state index contributed by atoms with van der Waals surface area (Å²) in [6, 6.07) is 6.12. The van der Waals surface area contributed by atoms with Crippen molar-refractivity contribution in [2.75, 3.05) is 11.9 Å². The average Bonchev–Trinajstić information content (AvgIpc) is 3.06. The van der Waals surface area contributed by atoms with Gasteiger partial charge in [0.1, 0.15) is 5.82 Å². The number of anilines is 1. The number of amides is 1. The SMILES string of the molecule is CCNc1cc(Cl)cc(C(=O)NCc2c(F)cc3cc[nH]n3c2=O)c1C. The van der Waals surface area contributed by atoms with Crippen molar-refractivity contribution in [1.29, 1.82) is 0 Å². The fraction of sp³-hybridized carbons (Fsp3) is 0.222. The van der Waals surface area contributed by atoms with Gasteiger partial charge in [-0.3, -0.25) is 14.7 Å². The Morgan fingerprint density at radius 3 is 2.85 bits per heavy atom. The monoisotopic (exact) mass is 376 g/mol. The topological polar surface area (TPSA) is 78.4 Å². The van der Waals surface area contributed by atoms with Crippen LogP contribution < -0.4 is 16.2 Å². The second kappa shape index (κ2) is 7.21. The summed E-state index contributed by atoms with van der Waals surface area (Å²) in [6.45, 7) is 4.19. The number of carbonyl (C=O) groups is 1. The van der Waals surface area contributed by atoms with Crippen LogP contribution in [-0.2, 0) is 6.54 Å². The third-order valence-electron chi connectivity index (χ3n) is 4.15. The predicted octanol–water partition coefficient (Wildman–Crippen LogP) is 3.09. The molecule has 0 unspecified atom stereocenters. The van der Waals surface area contributed by atoms with E-state index >= 15 is 0 Å². The van der Waals surface area contributed by atoms with Crippen molar-refractivity contribution >= 4 is 28.7 Å². The third kappa shape index (κ3) is 3.30. The molecule has 2 heterocycles. The molecule has 0 aliphatic rings. The molecule has 136 valence electrons. The number of pyridine rings is 1. The largest absolute Gasteiger partial charge is 0.385 e. The number of H-pyrrole nitrogens is 1. The molecule has 3 rings (SSSR count). The van der Waals surface area contributed by atoms with E-state index in [1.165, 1.54) is 16.8 Å². The number of benzene rings is 1. The number of halogens is 2. The molecule has 0 saturated heterocycles. The van der Waals surface area contributed by atoms with Gasteiger partial charge in [-0.1, -0.05) is 11.6 Å². The highest BCUT2D eigenvalue weighted by atomic mass is 35.5. The van der Waals surface area contributed by atoms with E-state index in [2.05, 4.69) is 15.7 Å². The summed E-state index contributed by atoms with van der Waals surface area (Å²) in [5.41, 5.74) is 1.61. The van der Waals surface area contributed by atoms with Crippen molar-refractivity contribution in [2.45, 2.75) is 20.4 Å². The quantitative estimate of drug-likeness (QED) is 0.640. The minimum atomic E-state index is -0.661. The molecule has 0 saturated carbocycles. The number of hydrogen-bond donors (Lipinski definition) is 3. The molecule has 3 aromatic rings. The number of nitrogens with zero attached hydrogens (tertiary/aromatic N) is 1. The van der Waals surface area contributed by atoms with Gasteiger partial charge in [-0.15, -0.1) is 0 Å². The van der Waals surface area contributed by atoms with Crippen molar-refractivity contribution < 1.29 is 9.18 Å². The van der Waals surface area contributed by atoms with E-state index in [1.54, 1.807) is 25.1 Å². The van der Waals surface area contributed by atoms with E-state index in [1.807, 2.05) is 6.92 Å². The molecule has 0 aliphatic carbocycles. The van der Waals surface area contributed by atoms with Gasteiger partial charge in [-0.2, -0.15) is 0 Å². The highest BCUT2D eigenvalue weighted by molar-refractivity contribution is 6.31. The number of fused-ring (bicyclic) bond motifs is 1. The third-order valence-corrected chi connectivity index (χ3v) is 4.37. The van der Waals surface area contributed by atoms with E-state index < -0.39 is 17.3 Å². The Morgan fingerprint density at radius 2 is 2.12 bits per heavy atom. The zero-order chi connectivity index (χ0) is 18.8. The van der Waals surface area contributed by atoms with E-state index in [0.29, 0.717) is 22.6 Å². The summed E-state index contributed by atoms with van der Waals surface area (Å²) < 4.78 is 15.4.